The van der Waals surface area contributed by atoms with Crippen molar-refractivity contribution in [2.75, 3.05) is 26.2 Å². The van der Waals surface area contributed by atoms with E-state index in [0.29, 0.717) is 25.8 Å². The van der Waals surface area contributed by atoms with Crippen LogP contribution in [0.25, 0.3) is 0 Å². The predicted molar refractivity (Wildman–Crippen MR) is 74.9 cm³/mol. The van der Waals surface area contributed by atoms with Gasteiger partial charge in [-0.15, -0.1) is 0 Å². The molecule has 0 atom stereocenters. The van der Waals surface area contributed by atoms with E-state index in [-0.39, 0.29) is 0 Å². The van der Waals surface area contributed by atoms with E-state index < -0.39 is 11.4 Å². The van der Waals surface area contributed by atoms with Crippen molar-refractivity contribution in [1.82, 2.24) is 4.90 Å². The van der Waals surface area contributed by atoms with E-state index in [1.165, 1.54) is 0 Å². The minimum absolute atomic E-state index is 0.605. The summed E-state index contributed by atoms with van der Waals surface area (Å²) in [5.41, 5.74) is 6.06. The first kappa shape index (κ1) is 14.0. The van der Waals surface area contributed by atoms with Crippen molar-refractivity contribution in [2.24, 2.45) is 11.1 Å². The van der Waals surface area contributed by atoms with Gasteiger partial charge in [-0.25, -0.2) is 0 Å². The van der Waals surface area contributed by atoms with Crippen LogP contribution in [0.4, 0.5) is 0 Å². The van der Waals surface area contributed by atoms with Crippen LogP contribution in [0.3, 0.4) is 0 Å². The summed E-state index contributed by atoms with van der Waals surface area (Å²) in [6, 6.07) is 9.91. The van der Waals surface area contributed by atoms with Crippen LogP contribution < -0.4 is 5.73 Å². The number of aliphatic carboxylic acids is 1. The minimum atomic E-state index is -0.663. The lowest BCUT2D eigenvalue weighted by molar-refractivity contribution is -0.152. The van der Waals surface area contributed by atoms with Gasteiger partial charge in [0.2, 0.25) is 0 Å². The Kier molecular flexibility index (Phi) is 4.56. The number of nitrogens with two attached hydrogens (primary N) is 1. The van der Waals surface area contributed by atoms with Crippen LogP contribution in [-0.4, -0.2) is 42.2 Å². The third kappa shape index (κ3) is 3.33. The fourth-order valence-electron chi connectivity index (χ4n) is 2.84. The van der Waals surface area contributed by atoms with Crippen LogP contribution in [0.2, 0.25) is 0 Å². The lowest BCUT2D eigenvalue weighted by Crippen LogP contribution is -2.46. The highest BCUT2D eigenvalue weighted by Crippen LogP contribution is 2.35. The summed E-state index contributed by atoms with van der Waals surface area (Å²) in [5, 5.41) is 9.62. The molecule has 0 aromatic heterocycles. The van der Waals surface area contributed by atoms with Gasteiger partial charge in [0.05, 0.1) is 5.41 Å². The van der Waals surface area contributed by atoms with Gasteiger partial charge in [0, 0.05) is 13.1 Å². The Morgan fingerprint density at radius 1 is 1.26 bits per heavy atom. The number of rotatable bonds is 5. The van der Waals surface area contributed by atoms with E-state index in [9.17, 15) is 9.90 Å². The highest BCUT2D eigenvalue weighted by Gasteiger charge is 2.41. The Hall–Kier alpha value is -1.39. The zero-order valence-corrected chi connectivity index (χ0v) is 11.2. The fraction of sp³-hybridized carbons (Fsp3) is 0.533. The van der Waals surface area contributed by atoms with Gasteiger partial charge in [0.1, 0.15) is 0 Å². The second-order valence-electron chi connectivity index (χ2n) is 5.38. The number of benzene rings is 1. The maximum Gasteiger partial charge on any atom is 0.310 e. The molecular weight excluding hydrogens is 240 g/mol. The summed E-state index contributed by atoms with van der Waals surface area (Å²) in [4.78, 5) is 14.0. The van der Waals surface area contributed by atoms with Crippen LogP contribution in [0.15, 0.2) is 30.3 Å². The van der Waals surface area contributed by atoms with Crippen molar-refractivity contribution in [1.29, 1.82) is 0 Å². The average Bonchev–Trinajstić information content (AvgIpc) is 2.42. The molecule has 0 unspecified atom stereocenters. The average molecular weight is 262 g/mol. The SMILES string of the molecule is NCCN1CCC(Cc2ccccc2)(C(=O)O)CC1. The summed E-state index contributed by atoms with van der Waals surface area (Å²) < 4.78 is 0. The minimum Gasteiger partial charge on any atom is -0.481 e. The molecule has 0 saturated carbocycles. The quantitative estimate of drug-likeness (QED) is 0.840. The molecule has 0 aliphatic carbocycles. The molecule has 1 aromatic carbocycles. The van der Waals surface area contributed by atoms with Crippen molar-refractivity contribution in [3.63, 3.8) is 0 Å². The first-order valence-electron chi connectivity index (χ1n) is 6.86. The first-order valence-corrected chi connectivity index (χ1v) is 6.86. The maximum atomic E-state index is 11.7. The number of hydrogen-bond acceptors (Lipinski definition) is 3. The Labute approximate surface area is 114 Å². The number of nitrogens with zero attached hydrogens (tertiary/aromatic N) is 1. The van der Waals surface area contributed by atoms with Crippen molar-refractivity contribution in [3.05, 3.63) is 35.9 Å². The van der Waals surface area contributed by atoms with E-state index in [0.717, 1.165) is 25.2 Å². The largest absolute Gasteiger partial charge is 0.481 e. The molecule has 4 heteroatoms. The number of carboxylic acids is 1. The molecule has 1 saturated heterocycles. The van der Waals surface area contributed by atoms with E-state index in [2.05, 4.69) is 4.90 Å². The van der Waals surface area contributed by atoms with Crippen molar-refractivity contribution in [2.45, 2.75) is 19.3 Å². The molecule has 0 amide bonds. The summed E-state index contributed by atoms with van der Waals surface area (Å²) in [6.45, 7) is 3.16. The van der Waals surface area contributed by atoms with Crippen LogP contribution in [-0.2, 0) is 11.2 Å². The highest BCUT2D eigenvalue weighted by molar-refractivity contribution is 5.75. The number of carboxylic acid groups (broad SMARTS) is 1. The number of likely N-dealkylation sites (tertiary alicyclic amines) is 1. The van der Waals surface area contributed by atoms with E-state index in [1.807, 2.05) is 30.3 Å². The first-order chi connectivity index (χ1) is 9.16. The second kappa shape index (κ2) is 6.17. The molecule has 0 spiro atoms. The van der Waals surface area contributed by atoms with Crippen LogP contribution >= 0.6 is 0 Å². The summed E-state index contributed by atoms with van der Waals surface area (Å²) in [6.07, 6.45) is 2.04. The molecule has 3 N–H and O–H groups in total. The zero-order valence-electron chi connectivity index (χ0n) is 11.2. The Balaban J connectivity index is 2.06. The van der Waals surface area contributed by atoms with Crippen LogP contribution in [0.5, 0.6) is 0 Å². The van der Waals surface area contributed by atoms with Gasteiger partial charge < -0.3 is 15.7 Å². The summed E-state index contributed by atoms with van der Waals surface area (Å²) >= 11 is 0. The van der Waals surface area contributed by atoms with Gasteiger partial charge in [-0.1, -0.05) is 30.3 Å². The van der Waals surface area contributed by atoms with Crippen molar-refractivity contribution < 1.29 is 9.90 Å². The Morgan fingerprint density at radius 3 is 2.42 bits per heavy atom. The van der Waals surface area contributed by atoms with Crippen LogP contribution in [0, 0.1) is 5.41 Å². The number of carbonyl (C=O) groups is 1. The zero-order chi connectivity index (χ0) is 13.7. The Bertz CT molecular complexity index is 411. The second-order valence-corrected chi connectivity index (χ2v) is 5.38. The molecule has 1 fully saturated rings. The molecule has 19 heavy (non-hydrogen) atoms. The molecule has 0 radical (unpaired) electrons. The van der Waals surface area contributed by atoms with E-state index in [4.69, 9.17) is 5.73 Å². The van der Waals surface area contributed by atoms with Gasteiger partial charge in [0.25, 0.3) is 0 Å². The van der Waals surface area contributed by atoms with Gasteiger partial charge in [-0.3, -0.25) is 4.79 Å². The number of hydrogen-bond donors (Lipinski definition) is 2. The maximum absolute atomic E-state index is 11.7. The van der Waals surface area contributed by atoms with Gasteiger partial charge in [-0.2, -0.15) is 0 Å². The molecule has 104 valence electrons. The van der Waals surface area contributed by atoms with Crippen molar-refractivity contribution in [3.8, 4) is 0 Å². The highest BCUT2D eigenvalue weighted by atomic mass is 16.4. The third-order valence-corrected chi connectivity index (χ3v) is 4.10. The number of piperidine rings is 1. The fourth-order valence-corrected chi connectivity index (χ4v) is 2.84. The van der Waals surface area contributed by atoms with Gasteiger partial charge in [0.15, 0.2) is 0 Å². The van der Waals surface area contributed by atoms with Gasteiger partial charge in [-0.05, 0) is 37.9 Å². The van der Waals surface area contributed by atoms with Crippen LogP contribution in [0.1, 0.15) is 18.4 Å². The van der Waals surface area contributed by atoms with E-state index in [1.54, 1.807) is 0 Å². The lowest BCUT2D eigenvalue weighted by Gasteiger charge is -2.38. The smallest absolute Gasteiger partial charge is 0.310 e. The molecule has 0 bridgehead atoms. The lowest BCUT2D eigenvalue weighted by atomic mass is 9.74. The summed E-state index contributed by atoms with van der Waals surface area (Å²) in [7, 11) is 0. The molecule has 4 nitrogen and oxygen atoms in total. The Morgan fingerprint density at radius 2 is 1.89 bits per heavy atom. The monoisotopic (exact) mass is 262 g/mol. The predicted octanol–water partition coefficient (Wildman–Crippen LogP) is 1.35. The third-order valence-electron chi connectivity index (χ3n) is 4.10. The molecule has 1 aliphatic heterocycles. The van der Waals surface area contributed by atoms with E-state index >= 15 is 0 Å². The topological polar surface area (TPSA) is 66.6 Å². The molecule has 1 aliphatic rings. The van der Waals surface area contributed by atoms with Crippen molar-refractivity contribution >= 4 is 5.97 Å². The summed E-state index contributed by atoms with van der Waals surface area (Å²) in [5.74, 6) is -0.663. The molecule has 1 heterocycles. The molecule has 1 aromatic rings. The van der Waals surface area contributed by atoms with Gasteiger partial charge >= 0.3 is 5.97 Å². The normalized spacial score (nSPS) is 19.2. The molecular formula is C15H22N2O2. The molecule has 2 rings (SSSR count). The standard InChI is InChI=1S/C15H22N2O2/c16-8-11-17-9-6-15(7-10-17,14(18)19)12-13-4-2-1-3-5-13/h1-5H,6-12,16H2,(H,18,19).